The zero-order valence-electron chi connectivity index (χ0n) is 14.8. The second-order valence-corrected chi connectivity index (χ2v) is 5.90. The third-order valence-electron chi connectivity index (χ3n) is 4.17. The maximum absolute atomic E-state index is 5.47. The molecule has 0 atom stereocenters. The number of nitrogens with zero attached hydrogens (tertiary/aromatic N) is 4. The van der Waals surface area contributed by atoms with Gasteiger partial charge in [-0.1, -0.05) is 36.4 Å². The number of amidine groups is 1. The van der Waals surface area contributed by atoms with Gasteiger partial charge in [-0.3, -0.25) is 0 Å². The maximum Gasteiger partial charge on any atom is 0.227 e. The van der Waals surface area contributed by atoms with E-state index in [1.54, 1.807) is 0 Å². The van der Waals surface area contributed by atoms with Crippen molar-refractivity contribution in [1.29, 1.82) is 0 Å². The fourth-order valence-electron chi connectivity index (χ4n) is 2.61. The second-order valence-electron chi connectivity index (χ2n) is 5.90. The minimum atomic E-state index is 0.705. The number of anilines is 1. The zero-order chi connectivity index (χ0) is 17.5. The number of hydrogen-bond donors (Lipinski definition) is 0. The first kappa shape index (κ1) is 17.2. The van der Waals surface area contributed by atoms with Crippen molar-refractivity contribution in [2.24, 2.45) is 9.98 Å². The lowest BCUT2D eigenvalue weighted by Gasteiger charge is -2.28. The highest BCUT2D eigenvalue weighted by Crippen LogP contribution is 2.15. The molecule has 0 aliphatic carbocycles. The molecule has 1 heterocycles. The molecule has 1 saturated heterocycles. The van der Waals surface area contributed by atoms with E-state index in [2.05, 4.69) is 21.9 Å². The summed E-state index contributed by atoms with van der Waals surface area (Å²) >= 11 is 0. The molecule has 3 rings (SSSR count). The maximum atomic E-state index is 5.47. The van der Waals surface area contributed by atoms with Crippen molar-refractivity contribution in [3.05, 3.63) is 60.7 Å². The minimum Gasteiger partial charge on any atom is -0.378 e. The Kier molecular flexibility index (Phi) is 5.80. The van der Waals surface area contributed by atoms with Gasteiger partial charge in [0.15, 0.2) is 0 Å². The monoisotopic (exact) mass is 336 g/mol. The molecule has 1 aliphatic rings. The van der Waals surface area contributed by atoms with E-state index >= 15 is 0 Å². The summed E-state index contributed by atoms with van der Waals surface area (Å²) in [6.45, 7) is 5.02. The summed E-state index contributed by atoms with van der Waals surface area (Å²) in [5.41, 5.74) is 2.01. The highest BCUT2D eigenvalue weighted by Gasteiger charge is 2.16. The van der Waals surface area contributed by atoms with Crippen LogP contribution in [-0.4, -0.2) is 50.0 Å². The van der Waals surface area contributed by atoms with Crippen LogP contribution in [0.3, 0.4) is 0 Å². The molecule has 1 fully saturated rings. The highest BCUT2D eigenvalue weighted by molar-refractivity contribution is 6.03. The summed E-state index contributed by atoms with van der Waals surface area (Å²) in [6, 6.07) is 20.2. The number of benzene rings is 2. The van der Waals surface area contributed by atoms with Gasteiger partial charge < -0.3 is 14.5 Å². The molecule has 0 N–H and O–H groups in total. The lowest BCUT2D eigenvalue weighted by atomic mass is 10.3. The van der Waals surface area contributed by atoms with Gasteiger partial charge in [-0.25, -0.2) is 4.99 Å². The molecular weight excluding hydrogens is 312 g/mol. The van der Waals surface area contributed by atoms with Crippen LogP contribution in [0.2, 0.25) is 0 Å². The van der Waals surface area contributed by atoms with E-state index in [1.807, 2.05) is 62.5 Å². The van der Waals surface area contributed by atoms with E-state index in [4.69, 9.17) is 14.7 Å². The molecule has 5 heteroatoms. The Morgan fingerprint density at radius 3 is 2.20 bits per heavy atom. The summed E-state index contributed by atoms with van der Waals surface area (Å²) < 4.78 is 5.47. The quantitative estimate of drug-likeness (QED) is 0.622. The average Bonchev–Trinajstić information content (AvgIpc) is 2.69. The minimum absolute atomic E-state index is 0.705. The summed E-state index contributed by atoms with van der Waals surface area (Å²) in [5, 5.41) is 0. The Morgan fingerprint density at radius 2 is 1.56 bits per heavy atom. The van der Waals surface area contributed by atoms with E-state index in [9.17, 15) is 0 Å². The predicted octanol–water partition coefficient (Wildman–Crippen LogP) is 3.56. The number of ether oxygens (including phenoxy) is 1. The molecule has 0 unspecified atom stereocenters. The first-order valence-electron chi connectivity index (χ1n) is 8.54. The van der Waals surface area contributed by atoms with Crippen LogP contribution in [0.15, 0.2) is 70.6 Å². The second kappa shape index (κ2) is 8.44. The Hall–Kier alpha value is -2.66. The van der Waals surface area contributed by atoms with Crippen LogP contribution in [0.5, 0.6) is 0 Å². The van der Waals surface area contributed by atoms with Crippen molar-refractivity contribution in [2.45, 2.75) is 6.92 Å². The molecule has 0 radical (unpaired) electrons. The molecule has 2 aromatic carbocycles. The van der Waals surface area contributed by atoms with Gasteiger partial charge in [-0.15, -0.1) is 0 Å². The van der Waals surface area contributed by atoms with Crippen molar-refractivity contribution < 1.29 is 4.74 Å². The van der Waals surface area contributed by atoms with Crippen molar-refractivity contribution in [1.82, 2.24) is 4.90 Å². The third-order valence-corrected chi connectivity index (χ3v) is 4.17. The number of aliphatic imine (C=N–C) groups is 2. The predicted molar refractivity (Wildman–Crippen MR) is 104 cm³/mol. The molecule has 0 spiro atoms. The fourth-order valence-corrected chi connectivity index (χ4v) is 2.61. The van der Waals surface area contributed by atoms with Crippen LogP contribution in [0, 0.1) is 0 Å². The molecule has 1 aliphatic heterocycles. The summed E-state index contributed by atoms with van der Waals surface area (Å²) in [7, 11) is 2.02. The number of hydrogen-bond acceptors (Lipinski definition) is 2. The van der Waals surface area contributed by atoms with E-state index in [0.717, 1.165) is 36.3 Å². The molecule has 130 valence electrons. The lowest BCUT2D eigenvalue weighted by molar-refractivity contribution is 0.0676. The molecule has 5 nitrogen and oxygen atoms in total. The zero-order valence-corrected chi connectivity index (χ0v) is 14.8. The van der Waals surface area contributed by atoms with Crippen LogP contribution in [0.4, 0.5) is 11.4 Å². The molecule has 0 amide bonds. The molecular formula is C20H24N4O. The number of guanidine groups is 1. The van der Waals surface area contributed by atoms with Crippen molar-refractivity contribution >= 4 is 23.2 Å². The van der Waals surface area contributed by atoms with Gasteiger partial charge in [-0.2, -0.15) is 4.99 Å². The van der Waals surface area contributed by atoms with Crippen LogP contribution < -0.4 is 4.90 Å². The summed E-state index contributed by atoms with van der Waals surface area (Å²) in [5.74, 6) is 1.63. The lowest BCUT2D eigenvalue weighted by Crippen LogP contribution is -2.41. The van der Waals surface area contributed by atoms with Gasteiger partial charge in [-0.05, 0) is 31.2 Å². The van der Waals surface area contributed by atoms with Gasteiger partial charge in [0, 0.05) is 25.8 Å². The Balaban J connectivity index is 1.89. The Morgan fingerprint density at radius 1 is 0.960 bits per heavy atom. The number of morpholine rings is 1. The molecule has 25 heavy (non-hydrogen) atoms. The van der Waals surface area contributed by atoms with Crippen LogP contribution in [0.25, 0.3) is 0 Å². The number of para-hydroxylation sites is 2. The van der Waals surface area contributed by atoms with Crippen molar-refractivity contribution in [3.8, 4) is 0 Å². The van der Waals surface area contributed by atoms with Crippen LogP contribution in [-0.2, 0) is 4.74 Å². The number of rotatable bonds is 2. The third kappa shape index (κ3) is 4.67. The van der Waals surface area contributed by atoms with E-state index in [0.29, 0.717) is 13.2 Å². The van der Waals surface area contributed by atoms with Crippen molar-refractivity contribution in [2.75, 3.05) is 38.3 Å². The molecule has 2 aromatic rings. The largest absolute Gasteiger partial charge is 0.378 e. The van der Waals surface area contributed by atoms with Gasteiger partial charge in [0.1, 0.15) is 5.84 Å². The first-order valence-corrected chi connectivity index (χ1v) is 8.54. The summed E-state index contributed by atoms with van der Waals surface area (Å²) in [4.78, 5) is 13.9. The fraction of sp³-hybridized carbons (Fsp3) is 0.300. The standard InChI is InChI=1S/C20H24N4O/c1-17(23(2)19-11-7-4-8-12-19)21-20(24-13-15-25-16-14-24)22-18-9-5-3-6-10-18/h3-12H,13-16H2,1-2H3/b21-17+,22-20?. The highest BCUT2D eigenvalue weighted by atomic mass is 16.5. The molecule has 0 bridgehead atoms. The normalized spacial score (nSPS) is 16.0. The van der Waals surface area contributed by atoms with E-state index in [-0.39, 0.29) is 0 Å². The molecule has 0 aromatic heterocycles. The molecule has 0 saturated carbocycles. The van der Waals surface area contributed by atoms with Crippen LogP contribution >= 0.6 is 0 Å². The van der Waals surface area contributed by atoms with E-state index < -0.39 is 0 Å². The average molecular weight is 336 g/mol. The van der Waals surface area contributed by atoms with Gasteiger partial charge in [0.2, 0.25) is 5.96 Å². The topological polar surface area (TPSA) is 40.4 Å². The summed E-state index contributed by atoms with van der Waals surface area (Å²) in [6.07, 6.45) is 0. The van der Waals surface area contributed by atoms with Crippen LogP contribution in [0.1, 0.15) is 6.92 Å². The van der Waals surface area contributed by atoms with E-state index in [1.165, 1.54) is 0 Å². The van der Waals surface area contributed by atoms with Gasteiger partial charge in [0.25, 0.3) is 0 Å². The first-order chi connectivity index (χ1) is 12.2. The Labute approximate surface area is 149 Å². The SMILES string of the molecule is C/C(=N\C(=Nc1ccccc1)N1CCOCC1)N(C)c1ccccc1. The van der Waals surface area contributed by atoms with Crippen molar-refractivity contribution in [3.63, 3.8) is 0 Å². The smallest absolute Gasteiger partial charge is 0.227 e. The van der Waals surface area contributed by atoms with Gasteiger partial charge in [0.05, 0.1) is 18.9 Å². The van der Waals surface area contributed by atoms with Gasteiger partial charge >= 0.3 is 0 Å². The Bertz CT molecular complexity index is 722.